The van der Waals surface area contributed by atoms with Crippen molar-refractivity contribution in [1.29, 1.82) is 0 Å². The van der Waals surface area contributed by atoms with Gasteiger partial charge in [0, 0.05) is 17.5 Å². The van der Waals surface area contributed by atoms with E-state index in [1.807, 2.05) is 0 Å². The van der Waals surface area contributed by atoms with Gasteiger partial charge in [0.15, 0.2) is 5.54 Å². The van der Waals surface area contributed by atoms with E-state index < -0.39 is 11.5 Å². The second-order valence-electron chi connectivity index (χ2n) is 3.98. The Morgan fingerprint density at radius 3 is 2.81 bits per heavy atom. The molecule has 16 heavy (non-hydrogen) atoms. The Bertz CT molecular complexity index is 474. The molecular weight excluding hydrogens is 226 g/mol. The molecule has 0 aliphatic carbocycles. The molecule has 0 radical (unpaired) electrons. The van der Waals surface area contributed by atoms with Gasteiger partial charge in [-0.2, -0.15) is 11.8 Å². The third-order valence-corrected chi connectivity index (χ3v) is 4.15. The molecule has 1 aromatic rings. The topological polar surface area (TPSA) is 59.3 Å². The van der Waals surface area contributed by atoms with Crippen molar-refractivity contribution in [3.8, 4) is 0 Å². The Hall–Kier alpha value is -1.23. The minimum absolute atomic E-state index is 0.232. The molecule has 1 atom stereocenters. The van der Waals surface area contributed by atoms with Gasteiger partial charge < -0.3 is 5.11 Å². The predicted molar refractivity (Wildman–Crippen MR) is 63.0 cm³/mol. The zero-order chi connectivity index (χ0) is 11.8. The molecule has 2 heterocycles. The number of aryl methyl sites for hydroxylation is 1. The highest BCUT2D eigenvalue weighted by molar-refractivity contribution is 7.99. The number of thioether (sulfide) groups is 1. The number of carbonyl (C=O) groups is 1. The van der Waals surface area contributed by atoms with Gasteiger partial charge in [0.2, 0.25) is 0 Å². The third-order valence-electron chi connectivity index (χ3n) is 2.98. The summed E-state index contributed by atoms with van der Waals surface area (Å²) in [6.45, 7) is 1.77. The molecule has 0 amide bonds. The van der Waals surface area contributed by atoms with Crippen LogP contribution >= 0.6 is 11.8 Å². The first-order valence-corrected chi connectivity index (χ1v) is 6.24. The van der Waals surface area contributed by atoms with E-state index in [1.54, 1.807) is 30.8 Å². The van der Waals surface area contributed by atoms with Crippen LogP contribution in [0.5, 0.6) is 0 Å². The fourth-order valence-corrected chi connectivity index (χ4v) is 3.50. The van der Waals surface area contributed by atoms with Crippen LogP contribution in [0.15, 0.2) is 23.0 Å². The highest BCUT2D eigenvalue weighted by atomic mass is 32.2. The first kappa shape index (κ1) is 11.3. The Balaban J connectivity index is 2.65. The van der Waals surface area contributed by atoms with Gasteiger partial charge in [-0.05, 0) is 25.2 Å². The standard InChI is InChI=1S/C11H13NO3S/c1-8-3-2-4-9(13)12(8)11(10(14)15)5-6-16-7-11/h2-4H,5-7H2,1H3,(H,14,15). The van der Waals surface area contributed by atoms with Crippen molar-refractivity contribution in [3.63, 3.8) is 0 Å². The van der Waals surface area contributed by atoms with E-state index in [0.717, 1.165) is 5.75 Å². The maximum absolute atomic E-state index is 11.8. The summed E-state index contributed by atoms with van der Waals surface area (Å²) in [6.07, 6.45) is 0.512. The molecule has 0 bridgehead atoms. The van der Waals surface area contributed by atoms with E-state index in [4.69, 9.17) is 0 Å². The largest absolute Gasteiger partial charge is 0.479 e. The van der Waals surface area contributed by atoms with Crippen LogP contribution in [0, 0.1) is 6.92 Å². The lowest BCUT2D eigenvalue weighted by Gasteiger charge is -2.27. The van der Waals surface area contributed by atoms with Crippen LogP contribution in [-0.4, -0.2) is 27.1 Å². The zero-order valence-electron chi connectivity index (χ0n) is 8.97. The quantitative estimate of drug-likeness (QED) is 0.838. The second kappa shape index (κ2) is 3.97. The van der Waals surface area contributed by atoms with Crippen LogP contribution in [-0.2, 0) is 10.3 Å². The van der Waals surface area contributed by atoms with Gasteiger partial charge in [0.05, 0.1) is 0 Å². The lowest BCUT2D eigenvalue weighted by molar-refractivity contribution is -0.146. The molecule has 0 spiro atoms. The molecule has 4 nitrogen and oxygen atoms in total. The normalized spacial score (nSPS) is 24.6. The van der Waals surface area contributed by atoms with Crippen molar-refractivity contribution in [3.05, 3.63) is 34.2 Å². The number of carboxylic acids is 1. The summed E-state index contributed by atoms with van der Waals surface area (Å²) in [5.41, 5.74) is -0.574. The number of rotatable bonds is 2. The molecule has 0 aromatic carbocycles. The molecule has 1 aliphatic rings. The maximum atomic E-state index is 11.8. The van der Waals surface area contributed by atoms with E-state index in [-0.39, 0.29) is 5.56 Å². The van der Waals surface area contributed by atoms with Gasteiger partial charge in [-0.1, -0.05) is 6.07 Å². The average molecular weight is 239 g/mol. The van der Waals surface area contributed by atoms with Crippen LogP contribution in [0.25, 0.3) is 0 Å². The Kier molecular flexibility index (Phi) is 2.80. The smallest absolute Gasteiger partial charge is 0.330 e. The van der Waals surface area contributed by atoms with Crippen molar-refractivity contribution in [1.82, 2.24) is 4.57 Å². The Morgan fingerprint density at radius 1 is 1.56 bits per heavy atom. The number of pyridine rings is 1. The summed E-state index contributed by atoms with van der Waals surface area (Å²) >= 11 is 1.58. The summed E-state index contributed by atoms with van der Waals surface area (Å²) in [7, 11) is 0. The Labute approximate surface area is 97.3 Å². The van der Waals surface area contributed by atoms with Gasteiger partial charge in [-0.15, -0.1) is 0 Å². The SMILES string of the molecule is Cc1cccc(=O)n1C1(C(=O)O)CCSC1. The van der Waals surface area contributed by atoms with E-state index in [9.17, 15) is 14.7 Å². The fourth-order valence-electron chi connectivity index (χ4n) is 2.14. The van der Waals surface area contributed by atoms with Crippen LogP contribution in [0.2, 0.25) is 0 Å². The minimum atomic E-state index is -1.05. The number of aliphatic carboxylic acids is 1. The van der Waals surface area contributed by atoms with Crippen molar-refractivity contribution in [2.45, 2.75) is 18.9 Å². The highest BCUT2D eigenvalue weighted by Crippen LogP contribution is 2.34. The number of nitrogens with zero attached hydrogens (tertiary/aromatic N) is 1. The third kappa shape index (κ3) is 1.55. The fraction of sp³-hybridized carbons (Fsp3) is 0.455. The highest BCUT2D eigenvalue weighted by Gasteiger charge is 2.44. The van der Waals surface area contributed by atoms with Crippen molar-refractivity contribution >= 4 is 17.7 Å². The molecule has 1 aromatic heterocycles. The summed E-state index contributed by atoms with van der Waals surface area (Å²) in [4.78, 5) is 23.3. The summed E-state index contributed by atoms with van der Waals surface area (Å²) < 4.78 is 1.43. The van der Waals surface area contributed by atoms with E-state index in [2.05, 4.69) is 0 Å². The predicted octanol–water partition coefficient (Wildman–Crippen LogP) is 1.07. The molecule has 1 unspecified atom stereocenters. The van der Waals surface area contributed by atoms with Crippen molar-refractivity contribution in [2.24, 2.45) is 0 Å². The van der Waals surface area contributed by atoms with Gasteiger partial charge in [0.1, 0.15) is 0 Å². The van der Waals surface area contributed by atoms with Gasteiger partial charge in [-0.25, -0.2) is 4.79 Å². The first-order valence-electron chi connectivity index (χ1n) is 5.08. The average Bonchev–Trinajstić information content (AvgIpc) is 2.67. The van der Waals surface area contributed by atoms with Crippen LogP contribution < -0.4 is 5.56 Å². The molecule has 1 N–H and O–H groups in total. The van der Waals surface area contributed by atoms with E-state index in [1.165, 1.54) is 10.6 Å². The molecule has 1 saturated heterocycles. The lowest BCUT2D eigenvalue weighted by atomic mass is 9.98. The van der Waals surface area contributed by atoms with E-state index in [0.29, 0.717) is 17.9 Å². The molecular formula is C11H13NO3S. The second-order valence-corrected chi connectivity index (χ2v) is 5.09. The lowest BCUT2D eigenvalue weighted by Crippen LogP contribution is -2.48. The van der Waals surface area contributed by atoms with Gasteiger partial charge in [0.25, 0.3) is 5.56 Å². The number of hydrogen-bond acceptors (Lipinski definition) is 3. The molecule has 1 aliphatic heterocycles. The van der Waals surface area contributed by atoms with Crippen LogP contribution in [0.3, 0.4) is 0 Å². The molecule has 1 fully saturated rings. The monoisotopic (exact) mass is 239 g/mol. The molecule has 86 valence electrons. The zero-order valence-corrected chi connectivity index (χ0v) is 9.79. The summed E-state index contributed by atoms with van der Waals surface area (Å²) in [5.74, 6) is 0.342. The number of carboxylic acid groups (broad SMARTS) is 1. The molecule has 2 rings (SSSR count). The van der Waals surface area contributed by atoms with Crippen molar-refractivity contribution < 1.29 is 9.90 Å². The maximum Gasteiger partial charge on any atom is 0.330 e. The van der Waals surface area contributed by atoms with Crippen LogP contribution in [0.1, 0.15) is 12.1 Å². The number of aromatic nitrogens is 1. The number of hydrogen-bond donors (Lipinski definition) is 1. The Morgan fingerprint density at radius 2 is 2.31 bits per heavy atom. The molecule has 5 heteroatoms. The van der Waals surface area contributed by atoms with Crippen LogP contribution in [0.4, 0.5) is 0 Å². The minimum Gasteiger partial charge on any atom is -0.479 e. The van der Waals surface area contributed by atoms with Crippen molar-refractivity contribution in [2.75, 3.05) is 11.5 Å². The summed E-state index contributed by atoms with van der Waals surface area (Å²) in [5, 5.41) is 9.39. The van der Waals surface area contributed by atoms with Gasteiger partial charge in [-0.3, -0.25) is 9.36 Å². The molecule has 0 saturated carbocycles. The first-order chi connectivity index (χ1) is 7.58. The van der Waals surface area contributed by atoms with Gasteiger partial charge >= 0.3 is 5.97 Å². The summed E-state index contributed by atoms with van der Waals surface area (Å²) in [6, 6.07) is 4.85. The van der Waals surface area contributed by atoms with E-state index >= 15 is 0 Å².